The highest BCUT2D eigenvalue weighted by Crippen LogP contribution is 2.31. The monoisotopic (exact) mass is 634 g/mol. The Bertz CT molecular complexity index is 1670. The van der Waals surface area contributed by atoms with E-state index in [2.05, 4.69) is 9.97 Å². The molecule has 1 N–H and O–H groups in total. The Morgan fingerprint density at radius 3 is 1.91 bits per heavy atom. The quantitative estimate of drug-likeness (QED) is 0.123. The molecule has 0 fully saturated rings. The van der Waals surface area contributed by atoms with Gasteiger partial charge in [0.1, 0.15) is 41.0 Å². The number of aromatic nitrogens is 2. The zero-order valence-corrected chi connectivity index (χ0v) is 27.4. The minimum absolute atomic E-state index is 0.199. The van der Waals surface area contributed by atoms with Crippen molar-refractivity contribution in [1.82, 2.24) is 9.97 Å². The Hall–Kier alpha value is -5.18. The molecule has 2 aromatic heterocycles. The second-order valence-electron chi connectivity index (χ2n) is 10.5. The molecule has 8 nitrogen and oxygen atoms in total. The molecule has 244 valence electrons. The molecule has 0 spiro atoms. The first-order valence-corrected chi connectivity index (χ1v) is 15.3. The number of hydrogen-bond acceptors (Lipinski definition) is 8. The number of aromatic hydroxyl groups is 1. The van der Waals surface area contributed by atoms with Crippen molar-refractivity contribution >= 4 is 6.08 Å². The van der Waals surface area contributed by atoms with Gasteiger partial charge in [0.05, 0.1) is 20.8 Å². The predicted molar refractivity (Wildman–Crippen MR) is 186 cm³/mol. The van der Waals surface area contributed by atoms with Crippen LogP contribution in [0.1, 0.15) is 23.1 Å². The Labute approximate surface area is 277 Å². The number of nitrogens with zero attached hydrogens (tertiary/aromatic N) is 2. The number of rotatable bonds is 14. The molecule has 47 heavy (non-hydrogen) atoms. The molecule has 0 saturated heterocycles. The Kier molecular flexibility index (Phi) is 13.8. The third-order valence-electron chi connectivity index (χ3n) is 7.15. The number of hydrogen-bond donors (Lipinski definition) is 1. The third-order valence-corrected chi connectivity index (χ3v) is 7.15. The molecule has 0 saturated carbocycles. The summed E-state index contributed by atoms with van der Waals surface area (Å²) in [7, 11) is 6.63. The van der Waals surface area contributed by atoms with Crippen molar-refractivity contribution in [2.24, 2.45) is 0 Å². The SMILES string of the molecule is COC/C=C/c1cnc(-c2ccc(OC)cc2)c(OCc2ccccc2)c1.COCCCc1cnc(-c2ccc(OC)cc2)c(O)c1. The van der Waals surface area contributed by atoms with Crippen molar-refractivity contribution in [2.45, 2.75) is 19.4 Å². The van der Waals surface area contributed by atoms with Crippen molar-refractivity contribution in [3.8, 4) is 45.5 Å². The van der Waals surface area contributed by atoms with E-state index in [1.54, 1.807) is 40.7 Å². The lowest BCUT2D eigenvalue weighted by Crippen LogP contribution is -1.99. The fraction of sp³-hybridized carbons (Fsp3) is 0.231. The maximum absolute atomic E-state index is 10.1. The van der Waals surface area contributed by atoms with Gasteiger partial charge < -0.3 is 28.8 Å². The molecule has 2 heterocycles. The topological polar surface area (TPSA) is 92.2 Å². The molecule has 0 aliphatic rings. The number of pyridine rings is 2. The number of benzene rings is 3. The minimum atomic E-state index is 0.199. The Morgan fingerprint density at radius 1 is 0.681 bits per heavy atom. The van der Waals surface area contributed by atoms with Crippen molar-refractivity contribution in [3.05, 3.63) is 126 Å². The molecule has 5 aromatic rings. The van der Waals surface area contributed by atoms with Crippen LogP contribution in [0.2, 0.25) is 0 Å². The molecule has 0 aliphatic carbocycles. The fourth-order valence-corrected chi connectivity index (χ4v) is 4.67. The zero-order chi connectivity index (χ0) is 33.3. The summed E-state index contributed by atoms with van der Waals surface area (Å²) in [4.78, 5) is 8.99. The van der Waals surface area contributed by atoms with Crippen LogP contribution in [0.25, 0.3) is 28.6 Å². The average molecular weight is 635 g/mol. The van der Waals surface area contributed by atoms with Gasteiger partial charge in [-0.3, -0.25) is 9.97 Å². The van der Waals surface area contributed by atoms with E-state index < -0.39 is 0 Å². The molecule has 0 aliphatic heterocycles. The molecule has 0 atom stereocenters. The van der Waals surface area contributed by atoms with Crippen molar-refractivity contribution < 1.29 is 28.8 Å². The summed E-state index contributed by atoms with van der Waals surface area (Å²) in [5, 5.41) is 10.1. The van der Waals surface area contributed by atoms with Crippen LogP contribution in [-0.2, 0) is 22.5 Å². The van der Waals surface area contributed by atoms with Crippen LogP contribution < -0.4 is 14.2 Å². The van der Waals surface area contributed by atoms with E-state index in [1.807, 2.05) is 103 Å². The largest absolute Gasteiger partial charge is 0.506 e. The van der Waals surface area contributed by atoms with E-state index in [0.29, 0.717) is 25.5 Å². The molecule has 0 radical (unpaired) electrons. The Balaban J connectivity index is 0.000000223. The van der Waals surface area contributed by atoms with Crippen molar-refractivity contribution in [2.75, 3.05) is 41.7 Å². The van der Waals surface area contributed by atoms with Gasteiger partial charge in [-0.1, -0.05) is 42.5 Å². The molecule has 5 rings (SSSR count). The number of methoxy groups -OCH3 is 4. The minimum Gasteiger partial charge on any atom is -0.506 e. The summed E-state index contributed by atoms with van der Waals surface area (Å²) >= 11 is 0. The van der Waals surface area contributed by atoms with Gasteiger partial charge in [-0.25, -0.2) is 0 Å². The van der Waals surface area contributed by atoms with Crippen LogP contribution in [0.5, 0.6) is 23.0 Å². The van der Waals surface area contributed by atoms with Gasteiger partial charge in [0.15, 0.2) is 0 Å². The van der Waals surface area contributed by atoms with Gasteiger partial charge in [-0.2, -0.15) is 0 Å². The number of ether oxygens (including phenoxy) is 5. The molecule has 0 bridgehead atoms. The third kappa shape index (κ3) is 10.7. The van der Waals surface area contributed by atoms with Crippen LogP contribution in [0.3, 0.4) is 0 Å². The van der Waals surface area contributed by atoms with Gasteiger partial charge >= 0.3 is 0 Å². The lowest BCUT2D eigenvalue weighted by atomic mass is 10.1. The van der Waals surface area contributed by atoms with E-state index in [4.69, 9.17) is 23.7 Å². The highest BCUT2D eigenvalue weighted by atomic mass is 16.5. The maximum Gasteiger partial charge on any atom is 0.146 e. The lowest BCUT2D eigenvalue weighted by Gasteiger charge is -2.12. The summed E-state index contributed by atoms with van der Waals surface area (Å²) in [6.07, 6.45) is 9.32. The first-order chi connectivity index (χ1) is 23.0. The van der Waals surface area contributed by atoms with Crippen LogP contribution in [-0.4, -0.2) is 56.7 Å². The average Bonchev–Trinajstić information content (AvgIpc) is 3.12. The Morgan fingerprint density at radius 2 is 1.32 bits per heavy atom. The zero-order valence-electron chi connectivity index (χ0n) is 27.4. The van der Waals surface area contributed by atoms with Crippen LogP contribution in [0.4, 0.5) is 0 Å². The molecule has 0 unspecified atom stereocenters. The van der Waals surface area contributed by atoms with Gasteiger partial charge in [0.25, 0.3) is 0 Å². The second kappa shape index (κ2) is 18.7. The summed E-state index contributed by atoms with van der Waals surface area (Å²) in [5.74, 6) is 2.53. The highest BCUT2D eigenvalue weighted by molar-refractivity contribution is 5.69. The predicted octanol–water partition coefficient (Wildman–Crippen LogP) is 8.04. The molecule has 3 aromatic carbocycles. The van der Waals surface area contributed by atoms with E-state index in [1.165, 1.54) is 0 Å². The van der Waals surface area contributed by atoms with Crippen molar-refractivity contribution in [1.29, 1.82) is 0 Å². The van der Waals surface area contributed by atoms with E-state index in [-0.39, 0.29) is 5.75 Å². The molecular weight excluding hydrogens is 592 g/mol. The highest BCUT2D eigenvalue weighted by Gasteiger charge is 2.11. The van der Waals surface area contributed by atoms with Gasteiger partial charge in [-0.05, 0) is 90.2 Å². The van der Waals surface area contributed by atoms with Gasteiger partial charge in [0, 0.05) is 44.3 Å². The lowest BCUT2D eigenvalue weighted by molar-refractivity contribution is 0.195. The van der Waals surface area contributed by atoms with Crippen LogP contribution in [0.15, 0.2) is 109 Å². The fourth-order valence-electron chi connectivity index (χ4n) is 4.67. The maximum atomic E-state index is 10.1. The first-order valence-electron chi connectivity index (χ1n) is 15.3. The number of aryl methyl sites for hydroxylation is 1. The summed E-state index contributed by atoms with van der Waals surface area (Å²) < 4.78 is 26.6. The van der Waals surface area contributed by atoms with E-state index in [9.17, 15) is 5.11 Å². The van der Waals surface area contributed by atoms with E-state index >= 15 is 0 Å². The summed E-state index contributed by atoms with van der Waals surface area (Å²) in [5.41, 5.74) is 6.32. The van der Waals surface area contributed by atoms with E-state index in [0.717, 1.165) is 63.6 Å². The van der Waals surface area contributed by atoms with Crippen LogP contribution >= 0.6 is 0 Å². The normalized spacial score (nSPS) is 10.7. The summed E-state index contributed by atoms with van der Waals surface area (Å²) in [6.45, 7) is 1.75. The molecule has 0 amide bonds. The standard InChI is InChI=1S/C23H23NO3.C16H19NO3/c1-25-14-6-9-19-15-22(27-17-18-7-4-3-5-8-18)23(24-16-19)20-10-12-21(26-2)13-11-20;1-19-9-3-4-12-10-15(18)16(17-11-12)13-5-7-14(20-2)8-6-13/h3-13,15-16H,14,17H2,1-2H3;5-8,10-11,18H,3-4,9H2,1-2H3/b9-6+;. The smallest absolute Gasteiger partial charge is 0.146 e. The van der Waals surface area contributed by atoms with Crippen molar-refractivity contribution in [3.63, 3.8) is 0 Å². The molecular formula is C39H42N2O6. The molecule has 8 heteroatoms. The second-order valence-corrected chi connectivity index (χ2v) is 10.5. The summed E-state index contributed by atoms with van der Waals surface area (Å²) in [6, 6.07) is 29.1. The first kappa shape index (κ1) is 34.7. The van der Waals surface area contributed by atoms with Crippen LogP contribution in [0, 0.1) is 0 Å². The van der Waals surface area contributed by atoms with Gasteiger partial charge in [-0.15, -0.1) is 0 Å². The van der Waals surface area contributed by atoms with Gasteiger partial charge in [0.2, 0.25) is 0 Å².